The Morgan fingerprint density at radius 1 is 1.28 bits per heavy atom. The first-order valence-electron chi connectivity index (χ1n) is 10.8. The molecule has 1 fully saturated rings. The number of nitrogens with zero attached hydrogens (tertiary/aromatic N) is 2. The molecular weight excluding hydrogens is 549 g/mol. The molecule has 0 saturated carbocycles. The lowest BCUT2D eigenvalue weighted by Crippen LogP contribution is -2.60. The molecule has 190 valence electrons. The van der Waals surface area contributed by atoms with Crippen molar-refractivity contribution >= 4 is 73.2 Å². The van der Waals surface area contributed by atoms with Crippen LogP contribution in [0.25, 0.3) is 16.3 Å². The second-order valence-electron chi connectivity index (χ2n) is 8.46. The molecule has 36 heavy (non-hydrogen) atoms. The van der Waals surface area contributed by atoms with E-state index in [1.54, 1.807) is 12.1 Å². The van der Waals surface area contributed by atoms with Crippen molar-refractivity contribution in [2.24, 2.45) is 7.05 Å². The number of carboxylic acid groups (broad SMARTS) is 1. The zero-order chi connectivity index (χ0) is 25.7. The molecule has 2 unspecified atom stereocenters. The van der Waals surface area contributed by atoms with E-state index in [1.807, 2.05) is 29.8 Å². The van der Waals surface area contributed by atoms with Crippen molar-refractivity contribution in [1.29, 1.82) is 0 Å². The summed E-state index contributed by atoms with van der Waals surface area (Å²) in [5, 5.41) is 25.4. The van der Waals surface area contributed by atoms with Crippen LogP contribution in [0.3, 0.4) is 0 Å². The Bertz CT molecular complexity index is 1500. The summed E-state index contributed by atoms with van der Waals surface area (Å²) in [6.45, 7) is 0.479. The van der Waals surface area contributed by atoms with Gasteiger partial charge in [0.25, 0.3) is 5.01 Å². The number of aryl methyl sites for hydroxylation is 1. The number of quaternary nitrogens is 1. The Morgan fingerprint density at radius 3 is 2.81 bits per heavy atom. The lowest BCUT2D eigenvalue weighted by molar-refractivity contribution is -0.777. The van der Waals surface area contributed by atoms with Gasteiger partial charge in [0.2, 0.25) is 5.52 Å². The zero-order valence-corrected chi connectivity index (χ0v) is 22.0. The van der Waals surface area contributed by atoms with E-state index in [2.05, 4.69) is 9.37 Å². The first-order chi connectivity index (χ1) is 17.1. The van der Waals surface area contributed by atoms with E-state index in [9.17, 15) is 28.1 Å². The van der Waals surface area contributed by atoms with Crippen molar-refractivity contribution in [2.45, 2.75) is 40.0 Å². The smallest absolute Gasteiger partial charge is 0.363 e. The lowest BCUT2D eigenvalue weighted by atomic mass is 9.97. The molecule has 1 aromatic heterocycles. The van der Waals surface area contributed by atoms with E-state index in [0.29, 0.717) is 23.5 Å². The second-order valence-corrected chi connectivity index (χ2v) is 12.7. The van der Waals surface area contributed by atoms with Crippen molar-refractivity contribution in [3.8, 4) is 0 Å². The van der Waals surface area contributed by atoms with E-state index in [-0.39, 0.29) is 9.38 Å². The monoisotopic (exact) mass is 568 g/mol. The van der Waals surface area contributed by atoms with Gasteiger partial charge in [-0.05, 0) is 48.9 Å². The van der Waals surface area contributed by atoms with Crippen molar-refractivity contribution in [3.05, 3.63) is 46.4 Å². The standard InChI is InChI=1S/C22H20N2O8S4/c1-23-15-10-13(35-32-31-27)5-7-18(15)33-20(23)12-21-24(9-3-2-4-16(24)22(25)26)17-11-14(36(28,29)30)6-8-19(17)34-21/h5-8,10-12,16H,2-4,9H2,1H3,(H-2,25,26,27,28,29,30). The normalized spacial score (nSPS) is 23.0. The number of thioether (sulfide) groups is 1. The third-order valence-corrected chi connectivity index (χ3v) is 10.3. The van der Waals surface area contributed by atoms with Gasteiger partial charge in [0.05, 0.1) is 34.5 Å². The summed E-state index contributed by atoms with van der Waals surface area (Å²) in [5.74, 6) is -0.965. The van der Waals surface area contributed by atoms with Gasteiger partial charge < -0.3 is 14.9 Å². The predicted molar refractivity (Wildman–Crippen MR) is 131 cm³/mol. The summed E-state index contributed by atoms with van der Waals surface area (Å²) in [6.07, 6.45) is 3.89. The Kier molecular flexibility index (Phi) is 6.91. The van der Waals surface area contributed by atoms with Gasteiger partial charge in [-0.2, -0.15) is 8.90 Å². The van der Waals surface area contributed by atoms with Crippen LogP contribution in [0.1, 0.15) is 24.3 Å². The van der Waals surface area contributed by atoms with E-state index in [4.69, 9.17) is 0 Å². The largest absolute Gasteiger partial charge is 0.744 e. The van der Waals surface area contributed by atoms with E-state index in [1.165, 1.54) is 35.2 Å². The van der Waals surface area contributed by atoms with Gasteiger partial charge >= 0.3 is 5.97 Å². The minimum Gasteiger partial charge on any atom is -0.744 e. The summed E-state index contributed by atoms with van der Waals surface area (Å²) in [7, 11) is -2.82. The van der Waals surface area contributed by atoms with Gasteiger partial charge in [-0.3, -0.25) is 5.04 Å². The molecule has 3 heterocycles. The minimum absolute atomic E-state index is 0.0251. The summed E-state index contributed by atoms with van der Waals surface area (Å²) in [4.78, 5) is 13.5. The number of benzene rings is 2. The Morgan fingerprint density at radius 2 is 2.08 bits per heavy atom. The highest BCUT2D eigenvalue weighted by molar-refractivity contribution is 8.03. The summed E-state index contributed by atoms with van der Waals surface area (Å²) in [5.41, 5.74) is 1.42. The van der Waals surface area contributed by atoms with Crippen LogP contribution >= 0.6 is 35.1 Å². The van der Waals surface area contributed by atoms with Gasteiger partial charge in [-0.15, -0.1) is 0 Å². The highest BCUT2D eigenvalue weighted by Crippen LogP contribution is 2.56. The molecule has 14 heteroatoms. The number of piperidine rings is 1. The number of carboxylic acids is 1. The van der Waals surface area contributed by atoms with Gasteiger partial charge in [0, 0.05) is 23.4 Å². The molecule has 0 aliphatic carbocycles. The van der Waals surface area contributed by atoms with Crippen LogP contribution in [0.15, 0.2) is 56.1 Å². The second kappa shape index (κ2) is 9.70. The Balaban J connectivity index is 1.67. The van der Waals surface area contributed by atoms with Crippen LogP contribution in [0.4, 0.5) is 5.69 Å². The highest BCUT2D eigenvalue weighted by Gasteiger charge is 2.55. The molecule has 3 aromatic rings. The maximum Gasteiger partial charge on any atom is 0.363 e. The molecule has 1 N–H and O–H groups in total. The number of thiazole rings is 1. The van der Waals surface area contributed by atoms with Crippen LogP contribution in [0.2, 0.25) is 0 Å². The molecule has 10 nitrogen and oxygen atoms in total. The first-order valence-corrected chi connectivity index (χ1v) is 14.6. The summed E-state index contributed by atoms with van der Waals surface area (Å²) in [6, 6.07) is 8.94. The van der Waals surface area contributed by atoms with Crippen LogP contribution in [0.5, 0.6) is 0 Å². The summed E-state index contributed by atoms with van der Waals surface area (Å²) >= 11 is 3.71. The summed E-state index contributed by atoms with van der Waals surface area (Å²) < 4.78 is 42.7. The van der Waals surface area contributed by atoms with Crippen LogP contribution in [0, 0.1) is 0 Å². The Labute approximate surface area is 219 Å². The van der Waals surface area contributed by atoms with Crippen molar-refractivity contribution in [2.75, 3.05) is 6.54 Å². The Hall–Kier alpha value is -2.01. The van der Waals surface area contributed by atoms with E-state index in [0.717, 1.165) is 50.0 Å². The number of aromatic nitrogens is 1. The third-order valence-electron chi connectivity index (χ3n) is 6.55. The fourth-order valence-electron chi connectivity index (χ4n) is 4.93. The minimum atomic E-state index is -4.71. The van der Waals surface area contributed by atoms with Gasteiger partial charge in [-0.25, -0.2) is 17.7 Å². The van der Waals surface area contributed by atoms with Gasteiger partial charge in [0.15, 0.2) is 16.8 Å². The predicted octanol–water partition coefficient (Wildman–Crippen LogP) is 2.91. The molecule has 0 bridgehead atoms. The maximum atomic E-state index is 12.5. The fraction of sp³-hybridized carbons (Fsp3) is 0.273. The van der Waals surface area contributed by atoms with Crippen LogP contribution in [-0.4, -0.2) is 36.6 Å². The molecule has 5 rings (SSSR count). The molecule has 1 saturated heterocycles. The number of hydrogen-bond acceptors (Lipinski definition) is 10. The number of rotatable bonds is 6. The van der Waals surface area contributed by atoms with Crippen LogP contribution in [-0.2, 0) is 31.3 Å². The zero-order valence-electron chi connectivity index (χ0n) is 18.8. The number of hydrogen-bond donors (Lipinski definition) is 1. The van der Waals surface area contributed by atoms with Crippen LogP contribution < -0.4 is 14.3 Å². The quantitative estimate of drug-likeness (QED) is 0.118. The molecule has 2 aliphatic heterocycles. The lowest BCUT2D eigenvalue weighted by Gasteiger charge is -2.42. The molecule has 2 atom stereocenters. The molecular formula is C22H20N2O8S4. The van der Waals surface area contributed by atoms with Gasteiger partial charge in [-0.1, -0.05) is 11.3 Å². The molecule has 2 aliphatic rings. The van der Waals surface area contributed by atoms with Crippen molar-refractivity contribution in [3.63, 3.8) is 0 Å². The van der Waals surface area contributed by atoms with Crippen molar-refractivity contribution in [1.82, 2.24) is 4.48 Å². The topological polar surface area (TPSA) is 140 Å². The highest BCUT2D eigenvalue weighted by atomic mass is 32.2. The molecule has 0 radical (unpaired) electrons. The molecule has 0 amide bonds. The number of carbonyl (C=O) groups is 1. The van der Waals surface area contributed by atoms with Crippen molar-refractivity contribution < 1.29 is 42.1 Å². The maximum absolute atomic E-state index is 12.5. The number of aliphatic carboxylic acids is 1. The molecule has 2 aromatic carbocycles. The first kappa shape index (κ1) is 25.6. The SMILES string of the molecule is C[n+]1c(C=C2Sc3ccc(S(=O)(=O)[O-])cc3[N+]23CCCCC3C(=O)O)sc2ccc(SOO[O-])cc21. The number of fused-ring (bicyclic) bond motifs is 3. The third kappa shape index (κ3) is 4.36. The average molecular weight is 569 g/mol. The van der Waals surface area contributed by atoms with Gasteiger partial charge in [0.1, 0.15) is 21.9 Å². The average Bonchev–Trinajstić information content (AvgIpc) is 3.31. The fourth-order valence-corrected chi connectivity index (χ4v) is 8.29. The molecule has 1 spiro atoms. The van der Waals surface area contributed by atoms with E-state index < -0.39 is 22.1 Å². The van der Waals surface area contributed by atoms with E-state index >= 15 is 0 Å².